The van der Waals surface area contributed by atoms with Crippen molar-refractivity contribution in [3.05, 3.63) is 128 Å². The number of rotatable bonds is 7. The van der Waals surface area contributed by atoms with Crippen LogP contribution in [0.2, 0.25) is 15.2 Å². The van der Waals surface area contributed by atoms with Crippen molar-refractivity contribution in [2.75, 3.05) is 13.1 Å². The minimum Gasteiger partial charge on any atom is -0.341 e. The van der Waals surface area contributed by atoms with E-state index >= 15 is 0 Å². The normalized spacial score (nSPS) is 14.5. The Bertz CT molecular complexity index is 1800. The molecule has 5 aromatic rings. The number of aromatic nitrogens is 5. The first kappa shape index (κ1) is 29.1. The summed E-state index contributed by atoms with van der Waals surface area (Å²) in [4.78, 5) is 34.2. The van der Waals surface area contributed by atoms with Gasteiger partial charge in [0.15, 0.2) is 5.15 Å². The number of amides is 1. The summed E-state index contributed by atoms with van der Waals surface area (Å²) >= 11 is 18.4. The Morgan fingerprint density at radius 3 is 2.30 bits per heavy atom. The minimum atomic E-state index is -0.753. The lowest BCUT2D eigenvalue weighted by Gasteiger charge is -2.35. The van der Waals surface area contributed by atoms with Gasteiger partial charge in [-0.3, -0.25) is 14.2 Å². The fourth-order valence-electron chi connectivity index (χ4n) is 5.59. The molecule has 6 rings (SSSR count). The van der Waals surface area contributed by atoms with Crippen molar-refractivity contribution >= 4 is 40.7 Å². The molecule has 1 atom stereocenters. The first-order valence-corrected chi connectivity index (χ1v) is 15.0. The fraction of sp³-hybridized carbons (Fsp3) is 0.219. The van der Waals surface area contributed by atoms with Gasteiger partial charge in [-0.25, -0.2) is 9.67 Å². The van der Waals surface area contributed by atoms with Crippen LogP contribution in [0.25, 0.3) is 16.9 Å². The molecule has 0 saturated carbocycles. The lowest BCUT2D eigenvalue weighted by molar-refractivity contribution is -0.136. The molecule has 218 valence electrons. The summed E-state index contributed by atoms with van der Waals surface area (Å²) in [6.07, 6.45) is 5.03. The van der Waals surface area contributed by atoms with Gasteiger partial charge in [0.05, 0.1) is 23.9 Å². The van der Waals surface area contributed by atoms with Gasteiger partial charge >= 0.3 is 0 Å². The van der Waals surface area contributed by atoms with E-state index in [0.717, 1.165) is 18.4 Å². The molecule has 1 fully saturated rings. The van der Waals surface area contributed by atoms with Crippen LogP contribution >= 0.6 is 34.8 Å². The van der Waals surface area contributed by atoms with Crippen molar-refractivity contribution in [2.45, 2.75) is 31.2 Å². The number of benzene rings is 3. The van der Waals surface area contributed by atoms with E-state index in [0.29, 0.717) is 52.4 Å². The molecule has 8 nitrogen and oxygen atoms in total. The van der Waals surface area contributed by atoms with Crippen LogP contribution in [0.5, 0.6) is 0 Å². The summed E-state index contributed by atoms with van der Waals surface area (Å²) in [7, 11) is 0. The Labute approximate surface area is 263 Å². The van der Waals surface area contributed by atoms with Gasteiger partial charge in [-0.2, -0.15) is 0 Å². The SMILES string of the molecule is O=C(C(Cc1ccccc1)n1cnc(-c2cc(Cl)ccc2-n2cc(Cl)nn2)cc1=O)N1CCC(c2ccc(Cl)cc2)CC1. The Balaban J connectivity index is 1.30. The second-order valence-corrected chi connectivity index (χ2v) is 11.8. The fourth-order valence-corrected chi connectivity index (χ4v) is 6.01. The van der Waals surface area contributed by atoms with Crippen LogP contribution in [-0.4, -0.2) is 48.4 Å². The van der Waals surface area contributed by atoms with E-state index in [4.69, 9.17) is 34.8 Å². The highest BCUT2D eigenvalue weighted by Gasteiger charge is 2.31. The third-order valence-electron chi connectivity index (χ3n) is 7.82. The zero-order chi connectivity index (χ0) is 29.9. The largest absolute Gasteiger partial charge is 0.341 e. The number of nitrogens with zero attached hydrogens (tertiary/aromatic N) is 6. The van der Waals surface area contributed by atoms with Crippen LogP contribution in [-0.2, 0) is 11.2 Å². The molecule has 1 amide bonds. The van der Waals surface area contributed by atoms with Gasteiger partial charge in [0.1, 0.15) is 6.04 Å². The van der Waals surface area contributed by atoms with Crippen molar-refractivity contribution < 1.29 is 4.79 Å². The predicted octanol–water partition coefficient (Wildman–Crippen LogP) is 6.64. The molecule has 1 aliphatic rings. The van der Waals surface area contributed by atoms with Gasteiger partial charge in [-0.1, -0.05) is 82.5 Å². The molecule has 1 aliphatic heterocycles. The summed E-state index contributed by atoms with van der Waals surface area (Å²) in [5.41, 5.74) is 3.40. The molecule has 0 bridgehead atoms. The van der Waals surface area contributed by atoms with Crippen molar-refractivity contribution in [1.29, 1.82) is 0 Å². The summed E-state index contributed by atoms with van der Waals surface area (Å²) in [6, 6.07) is 23.5. The highest BCUT2D eigenvalue weighted by Crippen LogP contribution is 2.31. The second kappa shape index (κ2) is 12.7. The molecule has 3 aromatic carbocycles. The zero-order valence-electron chi connectivity index (χ0n) is 23.0. The Kier molecular flexibility index (Phi) is 8.61. The highest BCUT2D eigenvalue weighted by atomic mass is 35.5. The third-order valence-corrected chi connectivity index (χ3v) is 8.48. The molecule has 1 saturated heterocycles. The maximum Gasteiger partial charge on any atom is 0.254 e. The van der Waals surface area contributed by atoms with Crippen LogP contribution in [0.1, 0.15) is 35.9 Å². The van der Waals surface area contributed by atoms with E-state index in [-0.39, 0.29) is 16.6 Å². The van der Waals surface area contributed by atoms with Crippen molar-refractivity contribution in [1.82, 2.24) is 29.4 Å². The van der Waals surface area contributed by atoms with Crippen LogP contribution in [0.15, 0.2) is 96.2 Å². The first-order valence-electron chi connectivity index (χ1n) is 13.9. The number of piperidine rings is 1. The summed E-state index contributed by atoms with van der Waals surface area (Å²) < 4.78 is 2.93. The number of likely N-dealkylation sites (tertiary alicyclic amines) is 1. The van der Waals surface area contributed by atoms with Gasteiger partial charge in [-0.15, -0.1) is 5.10 Å². The lowest BCUT2D eigenvalue weighted by atomic mass is 9.89. The molecule has 3 heterocycles. The van der Waals surface area contributed by atoms with Gasteiger partial charge in [0.25, 0.3) is 5.56 Å². The zero-order valence-corrected chi connectivity index (χ0v) is 25.3. The topological polar surface area (TPSA) is 85.9 Å². The highest BCUT2D eigenvalue weighted by molar-refractivity contribution is 6.31. The smallest absolute Gasteiger partial charge is 0.254 e. The van der Waals surface area contributed by atoms with E-state index in [9.17, 15) is 9.59 Å². The molecule has 0 aliphatic carbocycles. The monoisotopic (exact) mass is 632 g/mol. The van der Waals surface area contributed by atoms with Gasteiger partial charge < -0.3 is 4.90 Å². The van der Waals surface area contributed by atoms with Crippen LogP contribution in [0.3, 0.4) is 0 Å². The van der Waals surface area contributed by atoms with E-state index in [1.807, 2.05) is 47.4 Å². The van der Waals surface area contributed by atoms with Crippen LogP contribution in [0, 0.1) is 0 Å². The number of halogens is 3. The first-order chi connectivity index (χ1) is 20.9. The number of hydrogen-bond acceptors (Lipinski definition) is 5. The molecule has 0 N–H and O–H groups in total. The molecular weight excluding hydrogens is 607 g/mol. The van der Waals surface area contributed by atoms with E-state index in [1.165, 1.54) is 27.2 Å². The maximum absolute atomic E-state index is 14.1. The molecule has 0 spiro atoms. The molecule has 1 unspecified atom stereocenters. The quantitative estimate of drug-likeness (QED) is 0.201. The number of hydrogen-bond donors (Lipinski definition) is 0. The average molecular weight is 634 g/mol. The lowest BCUT2D eigenvalue weighted by Crippen LogP contribution is -2.44. The van der Waals surface area contributed by atoms with E-state index in [1.54, 1.807) is 24.4 Å². The van der Waals surface area contributed by atoms with Crippen molar-refractivity contribution in [3.63, 3.8) is 0 Å². The molecule has 43 heavy (non-hydrogen) atoms. The standard InChI is InChI=1S/C32H27Cl3N6O2/c33-24-8-6-22(7-9-24)23-12-14-39(15-13-23)32(43)29(16-21-4-2-1-3-5-21)40-20-36-27(18-31(40)42)26-17-25(34)10-11-28(26)41-19-30(35)37-38-41/h1-11,17-20,23,29H,12-16H2. The summed E-state index contributed by atoms with van der Waals surface area (Å²) in [5, 5.41) is 9.29. The molecule has 11 heteroatoms. The second-order valence-electron chi connectivity index (χ2n) is 10.5. The van der Waals surface area contributed by atoms with Gasteiger partial charge in [-0.05, 0) is 60.2 Å². The predicted molar refractivity (Wildman–Crippen MR) is 168 cm³/mol. The van der Waals surface area contributed by atoms with Crippen molar-refractivity contribution in [2.24, 2.45) is 0 Å². The van der Waals surface area contributed by atoms with Gasteiger partial charge in [0, 0.05) is 41.2 Å². The number of carbonyl (C=O) groups is 1. The van der Waals surface area contributed by atoms with Gasteiger partial charge in [0.2, 0.25) is 5.91 Å². The summed E-state index contributed by atoms with van der Waals surface area (Å²) in [6.45, 7) is 1.20. The van der Waals surface area contributed by atoms with E-state index in [2.05, 4.69) is 27.4 Å². The Hall–Kier alpha value is -3.98. The third kappa shape index (κ3) is 6.51. The maximum atomic E-state index is 14.1. The van der Waals surface area contributed by atoms with Crippen LogP contribution in [0.4, 0.5) is 0 Å². The van der Waals surface area contributed by atoms with E-state index < -0.39 is 6.04 Å². The van der Waals surface area contributed by atoms with Crippen LogP contribution < -0.4 is 5.56 Å². The molecule has 2 aromatic heterocycles. The molecular formula is C32H27Cl3N6O2. The Morgan fingerprint density at radius 1 is 0.907 bits per heavy atom. The average Bonchev–Trinajstić information content (AvgIpc) is 3.46. The summed E-state index contributed by atoms with van der Waals surface area (Å²) in [5.74, 6) is 0.250. The Morgan fingerprint density at radius 2 is 1.63 bits per heavy atom. The number of carbonyl (C=O) groups excluding carboxylic acids is 1. The minimum absolute atomic E-state index is 0.101. The molecule has 0 radical (unpaired) electrons. The van der Waals surface area contributed by atoms with Crippen molar-refractivity contribution in [3.8, 4) is 16.9 Å².